The maximum atomic E-state index is 13.0. The minimum absolute atomic E-state index is 0.0837. The fourth-order valence-corrected chi connectivity index (χ4v) is 4.07. The van der Waals surface area contributed by atoms with E-state index in [2.05, 4.69) is 5.32 Å². The van der Waals surface area contributed by atoms with Crippen molar-refractivity contribution < 1.29 is 34.4 Å². The first-order chi connectivity index (χ1) is 17.7. The maximum absolute atomic E-state index is 13.0. The molecular formula is C25H37N5O7. The summed E-state index contributed by atoms with van der Waals surface area (Å²) in [4.78, 5) is 38.9. The molecule has 0 saturated carbocycles. The Morgan fingerprint density at radius 3 is 2.00 bits per heavy atom. The highest BCUT2D eigenvalue weighted by Gasteiger charge is 2.19. The highest BCUT2D eigenvalue weighted by molar-refractivity contribution is 5.75. The maximum Gasteiger partial charge on any atom is 0.317 e. The predicted molar refractivity (Wildman–Crippen MR) is 137 cm³/mol. The molecule has 0 aliphatic rings. The molecule has 12 nitrogen and oxygen atoms in total. The fraction of sp³-hybridized carbons (Fsp3) is 0.520. The van der Waals surface area contributed by atoms with Gasteiger partial charge in [-0.3, -0.25) is 29.1 Å². The van der Waals surface area contributed by atoms with Crippen LogP contribution in [0.3, 0.4) is 0 Å². The monoisotopic (exact) mass is 519 g/mol. The third-order valence-electron chi connectivity index (χ3n) is 5.86. The molecule has 1 aromatic carbocycles. The molecule has 0 radical (unpaired) electrons. The van der Waals surface area contributed by atoms with Crippen molar-refractivity contribution in [3.05, 3.63) is 47.3 Å². The van der Waals surface area contributed by atoms with Crippen LogP contribution in [0.2, 0.25) is 0 Å². The average Bonchev–Trinajstić information content (AvgIpc) is 2.84. The van der Waals surface area contributed by atoms with Gasteiger partial charge in [-0.2, -0.15) is 4.73 Å². The van der Waals surface area contributed by atoms with Crippen molar-refractivity contribution >= 4 is 28.8 Å². The Hall–Kier alpha value is -3.32. The van der Waals surface area contributed by atoms with Crippen molar-refractivity contribution in [2.45, 2.75) is 19.9 Å². The van der Waals surface area contributed by atoms with Gasteiger partial charge < -0.3 is 25.8 Å². The van der Waals surface area contributed by atoms with Gasteiger partial charge in [0.15, 0.2) is 0 Å². The zero-order valence-electron chi connectivity index (χ0n) is 21.2. The van der Waals surface area contributed by atoms with Crippen molar-refractivity contribution in [1.82, 2.24) is 20.0 Å². The zero-order valence-corrected chi connectivity index (χ0v) is 21.2. The molecule has 4 N–H and O–H groups in total. The van der Waals surface area contributed by atoms with Crippen LogP contribution < -0.4 is 10.0 Å². The number of aromatic nitrogens is 1. The van der Waals surface area contributed by atoms with E-state index in [1.54, 1.807) is 23.1 Å². The van der Waals surface area contributed by atoms with E-state index in [9.17, 15) is 29.8 Å². The van der Waals surface area contributed by atoms with Gasteiger partial charge >= 0.3 is 17.9 Å². The van der Waals surface area contributed by atoms with Crippen LogP contribution in [0.5, 0.6) is 0 Å². The number of fused-ring (bicyclic) bond motifs is 1. The van der Waals surface area contributed by atoms with E-state index in [1.165, 1.54) is 0 Å². The standard InChI is InChI=1S/C25H37N5O7/c1-2-10-27(18-24(33)34)12-14-29(15-13-28(19-25(35)36)11-9-26-16-23(31)32)17-21-8-7-20-5-3-4-6-22(20)30(21)37/h3-8,26H,2,9-19H2,1H3,(H,31,32)(H,33,34)(H,35,36). The molecule has 1 aromatic heterocycles. The second-order valence-electron chi connectivity index (χ2n) is 8.86. The number of pyridine rings is 1. The average molecular weight is 520 g/mol. The van der Waals surface area contributed by atoms with Crippen molar-refractivity contribution in [2.75, 3.05) is 65.4 Å². The second kappa shape index (κ2) is 15.7. The molecule has 0 aliphatic carbocycles. The number of carboxylic acids is 3. The molecule has 1 heterocycles. The number of carbonyl (C=O) groups is 3. The molecule has 0 aliphatic heterocycles. The van der Waals surface area contributed by atoms with Gasteiger partial charge in [0.05, 0.1) is 26.2 Å². The Bertz CT molecular complexity index is 1040. The van der Waals surface area contributed by atoms with Crippen molar-refractivity contribution in [1.29, 1.82) is 0 Å². The van der Waals surface area contributed by atoms with Crippen LogP contribution in [0.25, 0.3) is 10.9 Å². The van der Waals surface area contributed by atoms with Gasteiger partial charge in [0.2, 0.25) is 11.2 Å². The van der Waals surface area contributed by atoms with E-state index in [0.717, 1.165) is 16.5 Å². The molecule has 0 atom stereocenters. The Morgan fingerprint density at radius 1 is 0.811 bits per heavy atom. The summed E-state index contributed by atoms with van der Waals surface area (Å²) in [6.07, 6.45) is 0.800. The molecule has 204 valence electrons. The van der Waals surface area contributed by atoms with Gasteiger partial charge in [-0.25, -0.2) is 0 Å². The third-order valence-corrected chi connectivity index (χ3v) is 5.86. The van der Waals surface area contributed by atoms with E-state index < -0.39 is 17.9 Å². The van der Waals surface area contributed by atoms with Crippen LogP contribution in [0.1, 0.15) is 19.0 Å². The number of hydrogen-bond acceptors (Lipinski definition) is 8. The fourth-order valence-electron chi connectivity index (χ4n) is 4.07. The summed E-state index contributed by atoms with van der Waals surface area (Å²) in [5.41, 5.74) is 1.09. The number of nitrogens with one attached hydrogen (secondary N) is 1. The van der Waals surface area contributed by atoms with E-state index in [-0.39, 0.29) is 19.6 Å². The van der Waals surface area contributed by atoms with Gasteiger partial charge in [-0.05, 0) is 25.1 Å². The molecule has 2 rings (SSSR count). The highest BCUT2D eigenvalue weighted by atomic mass is 16.5. The summed E-state index contributed by atoms with van der Waals surface area (Å²) in [5.74, 6) is -2.89. The highest BCUT2D eigenvalue weighted by Crippen LogP contribution is 2.12. The predicted octanol–water partition coefficient (Wildman–Crippen LogP) is 0.133. The quantitative estimate of drug-likeness (QED) is 0.113. The molecule has 37 heavy (non-hydrogen) atoms. The van der Waals surface area contributed by atoms with E-state index in [1.807, 2.05) is 34.9 Å². The normalized spacial score (nSPS) is 11.6. The summed E-state index contributed by atoms with van der Waals surface area (Å²) >= 11 is 0. The van der Waals surface area contributed by atoms with Crippen LogP contribution in [0.15, 0.2) is 36.4 Å². The van der Waals surface area contributed by atoms with E-state index in [0.29, 0.717) is 63.6 Å². The van der Waals surface area contributed by atoms with Crippen molar-refractivity contribution in [3.63, 3.8) is 0 Å². The lowest BCUT2D eigenvalue weighted by molar-refractivity contribution is -0.587. The molecule has 2 aromatic rings. The lowest BCUT2D eigenvalue weighted by Gasteiger charge is -2.29. The molecule has 12 heteroatoms. The Balaban J connectivity index is 2.14. The molecular weight excluding hydrogens is 482 g/mol. The molecule has 0 spiro atoms. The van der Waals surface area contributed by atoms with Crippen molar-refractivity contribution in [2.24, 2.45) is 0 Å². The molecule has 0 fully saturated rings. The SMILES string of the molecule is CCCN(CCN(CCN(CCNCC(=O)O)CC(=O)O)Cc1ccc2ccccc2[n+]1[O-])CC(=O)O. The number of rotatable bonds is 19. The first-order valence-electron chi connectivity index (χ1n) is 12.3. The summed E-state index contributed by atoms with van der Waals surface area (Å²) in [5, 5.41) is 43.9. The summed E-state index contributed by atoms with van der Waals surface area (Å²) in [7, 11) is 0. The van der Waals surface area contributed by atoms with Crippen LogP contribution >= 0.6 is 0 Å². The van der Waals surface area contributed by atoms with Crippen molar-refractivity contribution in [3.8, 4) is 0 Å². The lowest BCUT2D eigenvalue weighted by atomic mass is 10.2. The van der Waals surface area contributed by atoms with Crippen LogP contribution in [0, 0.1) is 5.21 Å². The van der Waals surface area contributed by atoms with E-state index in [4.69, 9.17) is 5.11 Å². The first kappa shape index (κ1) is 29.9. The zero-order chi connectivity index (χ0) is 27.2. The van der Waals surface area contributed by atoms with Crippen LogP contribution in [-0.2, 0) is 20.9 Å². The number of hydrogen-bond donors (Lipinski definition) is 4. The minimum Gasteiger partial charge on any atom is -0.618 e. The second-order valence-corrected chi connectivity index (χ2v) is 8.86. The molecule has 0 amide bonds. The minimum atomic E-state index is -0.993. The number of benzene rings is 1. The van der Waals surface area contributed by atoms with Gasteiger partial charge in [0.25, 0.3) is 0 Å². The number of aliphatic carboxylic acids is 3. The van der Waals surface area contributed by atoms with Gasteiger partial charge in [0, 0.05) is 56.8 Å². The Kier molecular flexibility index (Phi) is 12.7. The summed E-state index contributed by atoms with van der Waals surface area (Å²) in [6.45, 7) is 4.83. The number of nitrogens with zero attached hydrogens (tertiary/aromatic N) is 4. The number of carboxylic acid groups (broad SMARTS) is 3. The topological polar surface area (TPSA) is 161 Å². The number of para-hydroxylation sites is 1. The third kappa shape index (κ3) is 11.1. The van der Waals surface area contributed by atoms with Gasteiger partial charge in [-0.15, -0.1) is 0 Å². The van der Waals surface area contributed by atoms with Crippen LogP contribution in [-0.4, -0.2) is 113 Å². The molecule has 0 bridgehead atoms. The summed E-state index contributed by atoms with van der Waals surface area (Å²) < 4.78 is 0.897. The molecule has 0 saturated heterocycles. The summed E-state index contributed by atoms with van der Waals surface area (Å²) in [6, 6.07) is 10.9. The Morgan fingerprint density at radius 2 is 1.41 bits per heavy atom. The molecule has 0 unspecified atom stereocenters. The smallest absolute Gasteiger partial charge is 0.317 e. The Labute approximate surface area is 216 Å². The van der Waals surface area contributed by atoms with Gasteiger partial charge in [0.1, 0.15) is 0 Å². The van der Waals surface area contributed by atoms with Crippen LogP contribution in [0.4, 0.5) is 0 Å². The van der Waals surface area contributed by atoms with Gasteiger partial charge in [-0.1, -0.05) is 19.1 Å². The first-order valence-corrected chi connectivity index (χ1v) is 12.3. The van der Waals surface area contributed by atoms with E-state index >= 15 is 0 Å². The lowest BCUT2D eigenvalue weighted by Crippen LogP contribution is -2.45. The largest absolute Gasteiger partial charge is 0.618 e.